The van der Waals surface area contributed by atoms with Crippen LogP contribution in [0.15, 0.2) is 277 Å². The fourth-order valence-corrected chi connectivity index (χ4v) is 18.1. The summed E-state index contributed by atoms with van der Waals surface area (Å²) in [5.74, 6) is 0.00188. The van der Waals surface area contributed by atoms with Crippen molar-refractivity contribution in [3.63, 3.8) is 0 Å². The highest BCUT2D eigenvalue weighted by atomic mass is 32.2. The van der Waals surface area contributed by atoms with Gasteiger partial charge in [-0.3, -0.25) is 19.2 Å². The number of hydrogen-bond donors (Lipinski definition) is 13. The highest BCUT2D eigenvalue weighted by Crippen LogP contribution is 2.42. The van der Waals surface area contributed by atoms with Crippen LogP contribution in [0.3, 0.4) is 0 Å². The standard InChI is InChI=1S/C27H30N2O2.2C26H28N2O3.C26H28N2O2S/c1-18-5-4-6-19(15-18)16-20-7-2-3-8-24(20)21-9-14-25(27(28)31)26(17-21)29-22-10-12-23(30)13-11-22;1-17-5-4-6-21(15-17)31-25-8-3-2-7-22(25)18-9-14-23(26(27)30)24(16-18)28-19-10-12-20(29)13-11-19;27-26(31)23-14-9-18(16-24(23)28-20-10-12-21(29)13-11-20)22-7-3-1-5-17(22)15-19-6-2-4-8-25(19)30;1-17-5-4-6-21(15-17)31-25-8-3-2-7-22(25)18-9-14-23(26(27)30)24(16-18)28-19-10-12-20(29)13-11-19/h2-9,14-15,17,22-23,29-30H,10-13,16H2,1H3,(H2,28,31);2-9,14-16,19-20,28-29H,10-13H2,1H3,(H2,27,30);1-9,14,16,20-21,28-30H,10-13,15H2,(H2,27,31);2-9,14-16,19-20,28-29H,10-13H2,1H3,(H2,27,30). The number of nitrogens with one attached hydrogen (secondary N) is 4. The lowest BCUT2D eigenvalue weighted by molar-refractivity contribution is 0.0992. The molecule has 12 aromatic carbocycles. The van der Waals surface area contributed by atoms with Gasteiger partial charge >= 0.3 is 0 Å². The second-order valence-corrected chi connectivity index (χ2v) is 34.3. The monoisotopic (exact) mass is 1680 g/mol. The van der Waals surface area contributed by atoms with E-state index in [1.165, 1.54) is 27.1 Å². The number of phenols is 1. The number of hydrogen-bond acceptors (Lipinski definition) is 15. The summed E-state index contributed by atoms with van der Waals surface area (Å²) in [7, 11) is 0. The number of anilines is 4. The van der Waals surface area contributed by atoms with Gasteiger partial charge in [-0.05, 0) is 288 Å². The Hall–Kier alpha value is -12.5. The predicted octanol–water partition coefficient (Wildman–Crippen LogP) is 20.4. The maximum Gasteiger partial charge on any atom is 0.250 e. The summed E-state index contributed by atoms with van der Waals surface area (Å²) in [6, 6.07) is 88.8. The smallest absolute Gasteiger partial charge is 0.250 e. The molecule has 0 aliphatic heterocycles. The van der Waals surface area contributed by atoms with Crippen LogP contribution in [0.5, 0.6) is 17.2 Å². The van der Waals surface area contributed by atoms with Crippen molar-refractivity contribution in [1.29, 1.82) is 0 Å². The van der Waals surface area contributed by atoms with E-state index >= 15 is 0 Å². The minimum atomic E-state index is -0.465. The second kappa shape index (κ2) is 43.0. The third-order valence-electron chi connectivity index (χ3n) is 23.7. The number of para-hydroxylation sites is 2. The van der Waals surface area contributed by atoms with Gasteiger partial charge in [0.2, 0.25) is 0 Å². The third-order valence-corrected chi connectivity index (χ3v) is 24.8. The first-order chi connectivity index (χ1) is 60.0. The normalized spacial score (nSPS) is 18.5. The average molecular weight is 1680 g/mol. The number of carbonyl (C=O) groups is 4. The van der Waals surface area contributed by atoms with Crippen LogP contribution in [-0.2, 0) is 12.8 Å². The maximum absolute atomic E-state index is 12.0. The first-order valence-electron chi connectivity index (χ1n) is 43.2. The molecule has 0 unspecified atom stereocenters. The zero-order chi connectivity index (χ0) is 87.2. The Kier molecular flexibility index (Phi) is 31.0. The van der Waals surface area contributed by atoms with Crippen LogP contribution in [0.2, 0.25) is 0 Å². The molecular weight excluding hydrogens is 1570 g/mol. The molecule has 0 spiro atoms. The molecule has 0 aromatic heterocycles. The molecular formula is C105H114N8O10S. The van der Waals surface area contributed by atoms with Crippen molar-refractivity contribution >= 4 is 58.1 Å². The number of aryl methyl sites for hydroxylation is 3. The number of phenolic OH excluding ortho intramolecular Hbond substituents is 1. The molecule has 0 heterocycles. The molecule has 16 rings (SSSR count). The van der Waals surface area contributed by atoms with Crippen molar-refractivity contribution in [3.05, 3.63) is 328 Å². The Balaban J connectivity index is 0.000000142. The molecule has 4 aliphatic rings. The minimum absolute atomic E-state index is 0.202. The lowest BCUT2D eigenvalue weighted by Gasteiger charge is -2.28. The number of nitrogens with two attached hydrogens (primary N) is 4. The molecule has 4 fully saturated rings. The Morgan fingerprint density at radius 3 is 1.08 bits per heavy atom. The first kappa shape index (κ1) is 89.3. The van der Waals surface area contributed by atoms with Crippen LogP contribution in [-0.4, -0.2) is 97.7 Å². The van der Waals surface area contributed by atoms with Gasteiger partial charge in [0, 0.05) is 68.7 Å². The summed E-state index contributed by atoms with van der Waals surface area (Å²) in [6.45, 7) is 6.24. The summed E-state index contributed by atoms with van der Waals surface area (Å²) in [6.07, 6.45) is 13.6. The molecule has 4 saturated carbocycles. The number of benzene rings is 12. The quantitative estimate of drug-likeness (QED) is 0.0267. The molecule has 0 saturated heterocycles. The van der Waals surface area contributed by atoms with Crippen molar-refractivity contribution in [1.82, 2.24) is 0 Å². The van der Waals surface area contributed by atoms with Gasteiger partial charge in [0.15, 0.2) is 0 Å². The number of aliphatic hydroxyl groups is 4. The van der Waals surface area contributed by atoms with Crippen LogP contribution in [0.1, 0.15) is 183 Å². The van der Waals surface area contributed by atoms with Gasteiger partial charge in [0.05, 0.1) is 46.7 Å². The van der Waals surface area contributed by atoms with Gasteiger partial charge in [0.25, 0.3) is 23.6 Å². The van der Waals surface area contributed by atoms with Gasteiger partial charge < -0.3 is 74.5 Å². The highest BCUT2D eigenvalue weighted by molar-refractivity contribution is 7.99. The number of ether oxygens (including phenoxy) is 1. The molecule has 0 atom stereocenters. The number of aromatic hydroxyl groups is 1. The Labute approximate surface area is 732 Å². The van der Waals surface area contributed by atoms with E-state index in [1.807, 2.05) is 165 Å². The van der Waals surface area contributed by atoms with E-state index in [-0.39, 0.29) is 54.3 Å². The van der Waals surface area contributed by atoms with Gasteiger partial charge in [-0.15, -0.1) is 0 Å². The van der Waals surface area contributed by atoms with Crippen molar-refractivity contribution in [3.8, 4) is 61.8 Å². The molecule has 0 radical (unpaired) electrons. The number of carbonyl (C=O) groups excluding carboxylic acids is 4. The van der Waals surface area contributed by atoms with Gasteiger partial charge in [-0.2, -0.15) is 0 Å². The Morgan fingerprint density at radius 1 is 0.331 bits per heavy atom. The highest BCUT2D eigenvalue weighted by Gasteiger charge is 2.27. The van der Waals surface area contributed by atoms with Crippen molar-refractivity contribution in [2.45, 2.75) is 195 Å². The average Bonchev–Trinajstić information content (AvgIpc) is 0.811. The lowest BCUT2D eigenvalue weighted by atomic mass is 9.91. The molecule has 12 aromatic rings. The number of primary amides is 4. The third kappa shape index (κ3) is 24.7. The lowest BCUT2D eigenvalue weighted by Crippen LogP contribution is -2.29. The molecule has 0 bridgehead atoms. The summed E-state index contributed by atoms with van der Waals surface area (Å²) in [5.41, 5.74) is 43.9. The van der Waals surface area contributed by atoms with E-state index in [1.54, 1.807) is 30.0 Å². The number of rotatable bonds is 24. The Morgan fingerprint density at radius 2 is 0.669 bits per heavy atom. The van der Waals surface area contributed by atoms with E-state index < -0.39 is 23.6 Å². The van der Waals surface area contributed by atoms with E-state index in [4.69, 9.17) is 27.7 Å². The number of amides is 4. The molecule has 640 valence electrons. The fraction of sp³-hybridized carbons (Fsp3) is 0.276. The molecule has 19 heteroatoms. The largest absolute Gasteiger partial charge is 0.508 e. The van der Waals surface area contributed by atoms with Crippen molar-refractivity contribution < 1.29 is 49.4 Å². The van der Waals surface area contributed by atoms with Crippen molar-refractivity contribution in [2.75, 3.05) is 21.3 Å². The topological polar surface area (TPSA) is 331 Å². The zero-order valence-electron chi connectivity index (χ0n) is 70.7. The van der Waals surface area contributed by atoms with Gasteiger partial charge in [0.1, 0.15) is 17.2 Å². The molecule has 4 aliphatic carbocycles. The molecule has 18 nitrogen and oxygen atoms in total. The van der Waals surface area contributed by atoms with Gasteiger partial charge in [-0.1, -0.05) is 199 Å². The van der Waals surface area contributed by atoms with Crippen LogP contribution >= 0.6 is 11.8 Å². The van der Waals surface area contributed by atoms with E-state index in [9.17, 15) is 44.7 Å². The number of aliphatic hydroxyl groups excluding tert-OH is 4. The maximum atomic E-state index is 12.0. The van der Waals surface area contributed by atoms with Gasteiger partial charge in [-0.25, -0.2) is 0 Å². The predicted molar refractivity (Wildman–Crippen MR) is 501 cm³/mol. The fourth-order valence-electron chi connectivity index (χ4n) is 17.0. The van der Waals surface area contributed by atoms with E-state index in [0.717, 1.165) is 209 Å². The van der Waals surface area contributed by atoms with Crippen LogP contribution in [0, 0.1) is 20.8 Å². The summed E-state index contributed by atoms with van der Waals surface area (Å²) in [5, 5.41) is 63.4. The van der Waals surface area contributed by atoms with Crippen LogP contribution in [0.4, 0.5) is 22.7 Å². The minimum Gasteiger partial charge on any atom is -0.508 e. The first-order valence-corrected chi connectivity index (χ1v) is 44.0. The SMILES string of the molecule is Cc1cccc(Cc2ccccc2-c2ccc(C(N)=O)c(NC3CCC(O)CC3)c2)c1.Cc1cccc(Oc2ccccc2-c2ccc(C(N)=O)c(NC3CCC(O)CC3)c2)c1.Cc1cccc(Sc2ccccc2-c2ccc(C(N)=O)c(NC3CCC(O)CC3)c2)c1.NC(=O)c1ccc(-c2ccccc2Cc2ccccc2O)cc1NC1CCC(O)CC1. The van der Waals surface area contributed by atoms with Crippen LogP contribution < -0.4 is 48.9 Å². The van der Waals surface area contributed by atoms with E-state index in [2.05, 4.69) is 126 Å². The zero-order valence-corrected chi connectivity index (χ0v) is 71.6. The Bertz CT molecular complexity index is 5260. The molecule has 17 N–H and O–H groups in total. The van der Waals surface area contributed by atoms with Crippen LogP contribution in [0.25, 0.3) is 44.5 Å². The molecule has 124 heavy (non-hydrogen) atoms. The summed E-state index contributed by atoms with van der Waals surface area (Å²) >= 11 is 1.74. The summed E-state index contributed by atoms with van der Waals surface area (Å²) in [4.78, 5) is 50.5. The molecule has 4 amide bonds. The van der Waals surface area contributed by atoms with E-state index in [0.29, 0.717) is 28.7 Å². The summed E-state index contributed by atoms with van der Waals surface area (Å²) < 4.78 is 6.18. The second-order valence-electron chi connectivity index (χ2n) is 33.2. The van der Waals surface area contributed by atoms with Crippen molar-refractivity contribution in [2.24, 2.45) is 22.9 Å².